The van der Waals surface area contributed by atoms with Crippen molar-refractivity contribution in [3.63, 3.8) is 0 Å². The van der Waals surface area contributed by atoms with Gasteiger partial charge in [-0.15, -0.1) is 11.3 Å². The third-order valence-electron chi connectivity index (χ3n) is 2.62. The molecular formula is C10H15N3OS. The van der Waals surface area contributed by atoms with Crippen LogP contribution < -0.4 is 10.6 Å². The van der Waals surface area contributed by atoms with Gasteiger partial charge in [0.15, 0.2) is 5.13 Å². The van der Waals surface area contributed by atoms with Crippen LogP contribution in [0, 0.1) is 5.92 Å². The summed E-state index contributed by atoms with van der Waals surface area (Å²) >= 11 is 1.45. The fourth-order valence-corrected chi connectivity index (χ4v) is 2.31. The highest BCUT2D eigenvalue weighted by Crippen LogP contribution is 2.16. The van der Waals surface area contributed by atoms with Crippen LogP contribution in [0.15, 0.2) is 11.6 Å². The maximum absolute atomic E-state index is 11.5. The first-order valence-corrected chi connectivity index (χ1v) is 6.12. The van der Waals surface area contributed by atoms with Crippen LogP contribution in [-0.2, 0) is 4.79 Å². The Hall–Kier alpha value is -0.940. The molecule has 1 fully saturated rings. The zero-order valence-electron chi connectivity index (χ0n) is 8.53. The van der Waals surface area contributed by atoms with E-state index in [9.17, 15) is 4.79 Å². The molecule has 1 amide bonds. The van der Waals surface area contributed by atoms with Gasteiger partial charge in [0.05, 0.1) is 0 Å². The lowest BCUT2D eigenvalue weighted by Crippen LogP contribution is -2.14. The van der Waals surface area contributed by atoms with Crippen molar-refractivity contribution in [2.24, 2.45) is 5.92 Å². The Morgan fingerprint density at radius 1 is 1.73 bits per heavy atom. The summed E-state index contributed by atoms with van der Waals surface area (Å²) in [6.45, 7) is 2.16. The molecule has 1 aliphatic heterocycles. The van der Waals surface area contributed by atoms with Crippen LogP contribution >= 0.6 is 11.3 Å². The molecule has 1 saturated heterocycles. The van der Waals surface area contributed by atoms with E-state index < -0.39 is 0 Å². The van der Waals surface area contributed by atoms with Gasteiger partial charge in [0.2, 0.25) is 5.91 Å². The van der Waals surface area contributed by atoms with E-state index in [0.29, 0.717) is 17.5 Å². The molecule has 4 nitrogen and oxygen atoms in total. The second-order valence-electron chi connectivity index (χ2n) is 3.78. The summed E-state index contributed by atoms with van der Waals surface area (Å²) in [6.07, 6.45) is 4.47. The normalized spacial score (nSPS) is 20.4. The molecule has 1 unspecified atom stereocenters. The Bertz CT molecular complexity index is 306. The summed E-state index contributed by atoms with van der Waals surface area (Å²) in [5.74, 6) is 0.754. The molecule has 2 rings (SSSR count). The van der Waals surface area contributed by atoms with Crippen molar-refractivity contribution in [3.05, 3.63) is 11.6 Å². The van der Waals surface area contributed by atoms with Crippen molar-refractivity contribution in [2.45, 2.75) is 19.3 Å². The number of hydrogen-bond donors (Lipinski definition) is 2. The Morgan fingerprint density at radius 3 is 3.33 bits per heavy atom. The first-order chi connectivity index (χ1) is 7.34. The van der Waals surface area contributed by atoms with Crippen LogP contribution in [0.2, 0.25) is 0 Å². The summed E-state index contributed by atoms with van der Waals surface area (Å²) in [4.78, 5) is 15.5. The van der Waals surface area contributed by atoms with Gasteiger partial charge in [-0.2, -0.15) is 0 Å². The molecule has 5 heteroatoms. The lowest BCUT2D eigenvalue weighted by atomic mass is 10.0. The van der Waals surface area contributed by atoms with Gasteiger partial charge in [-0.25, -0.2) is 4.98 Å². The van der Waals surface area contributed by atoms with Crippen LogP contribution in [0.25, 0.3) is 0 Å². The average molecular weight is 225 g/mol. The lowest BCUT2D eigenvalue weighted by Gasteiger charge is -2.06. The van der Waals surface area contributed by atoms with E-state index in [1.54, 1.807) is 6.20 Å². The van der Waals surface area contributed by atoms with Gasteiger partial charge in [-0.05, 0) is 31.8 Å². The molecule has 2 N–H and O–H groups in total. The monoisotopic (exact) mass is 225 g/mol. The Kier molecular flexibility index (Phi) is 3.69. The Morgan fingerprint density at radius 2 is 2.67 bits per heavy atom. The Balaban J connectivity index is 1.68. The zero-order valence-corrected chi connectivity index (χ0v) is 9.35. The van der Waals surface area contributed by atoms with E-state index in [2.05, 4.69) is 15.6 Å². The van der Waals surface area contributed by atoms with Crippen LogP contribution in [0.4, 0.5) is 5.13 Å². The number of aromatic nitrogens is 1. The number of carbonyl (C=O) groups excluding carboxylic acids is 1. The lowest BCUT2D eigenvalue weighted by molar-refractivity contribution is -0.116. The predicted octanol–water partition coefficient (Wildman–Crippen LogP) is 1.47. The molecule has 0 radical (unpaired) electrons. The number of rotatable bonds is 4. The number of nitrogens with zero attached hydrogens (tertiary/aromatic N) is 1. The molecular weight excluding hydrogens is 210 g/mol. The summed E-state index contributed by atoms with van der Waals surface area (Å²) < 4.78 is 0. The minimum atomic E-state index is 0.0804. The number of hydrogen-bond acceptors (Lipinski definition) is 4. The second kappa shape index (κ2) is 5.23. The molecule has 1 aromatic heterocycles. The second-order valence-corrected chi connectivity index (χ2v) is 4.68. The predicted molar refractivity (Wildman–Crippen MR) is 61.0 cm³/mol. The largest absolute Gasteiger partial charge is 0.316 e. The third kappa shape index (κ3) is 3.28. The molecule has 0 aliphatic carbocycles. The van der Waals surface area contributed by atoms with Crippen molar-refractivity contribution in [1.82, 2.24) is 10.3 Å². The van der Waals surface area contributed by atoms with Crippen molar-refractivity contribution in [1.29, 1.82) is 0 Å². The topological polar surface area (TPSA) is 54.0 Å². The van der Waals surface area contributed by atoms with E-state index in [1.165, 1.54) is 17.8 Å². The smallest absolute Gasteiger partial charge is 0.226 e. The summed E-state index contributed by atoms with van der Waals surface area (Å²) in [5, 5.41) is 8.65. The van der Waals surface area contributed by atoms with E-state index in [0.717, 1.165) is 19.5 Å². The van der Waals surface area contributed by atoms with Gasteiger partial charge in [0.25, 0.3) is 0 Å². The number of anilines is 1. The maximum atomic E-state index is 11.5. The summed E-state index contributed by atoms with van der Waals surface area (Å²) in [7, 11) is 0. The van der Waals surface area contributed by atoms with Gasteiger partial charge in [-0.1, -0.05) is 0 Å². The highest BCUT2D eigenvalue weighted by molar-refractivity contribution is 7.13. The molecule has 0 aromatic carbocycles. The molecule has 1 atom stereocenters. The SMILES string of the molecule is O=C(CCC1CCNC1)Nc1nccs1. The van der Waals surface area contributed by atoms with Gasteiger partial charge in [0.1, 0.15) is 0 Å². The van der Waals surface area contributed by atoms with Crippen LogP contribution in [-0.4, -0.2) is 24.0 Å². The van der Waals surface area contributed by atoms with E-state index in [4.69, 9.17) is 0 Å². The molecule has 0 saturated carbocycles. The quantitative estimate of drug-likeness (QED) is 0.816. The van der Waals surface area contributed by atoms with Gasteiger partial charge >= 0.3 is 0 Å². The third-order valence-corrected chi connectivity index (χ3v) is 3.31. The average Bonchev–Trinajstić information content (AvgIpc) is 2.86. The highest BCUT2D eigenvalue weighted by Gasteiger charge is 2.15. The number of carbonyl (C=O) groups is 1. The standard InChI is InChI=1S/C10H15N3OS/c14-9(13-10-12-5-6-15-10)2-1-8-3-4-11-7-8/h5-6,8,11H,1-4,7H2,(H,12,13,14). The van der Waals surface area contributed by atoms with Gasteiger partial charge < -0.3 is 10.6 Å². The minimum absolute atomic E-state index is 0.0804. The van der Waals surface area contributed by atoms with Crippen LogP contribution in [0.1, 0.15) is 19.3 Å². The summed E-state index contributed by atoms with van der Waals surface area (Å²) in [6, 6.07) is 0. The van der Waals surface area contributed by atoms with Gasteiger partial charge in [0, 0.05) is 18.0 Å². The van der Waals surface area contributed by atoms with E-state index in [-0.39, 0.29) is 5.91 Å². The first kappa shape index (κ1) is 10.6. The minimum Gasteiger partial charge on any atom is -0.316 e. The molecule has 2 heterocycles. The summed E-state index contributed by atoms with van der Waals surface area (Å²) in [5.41, 5.74) is 0. The zero-order chi connectivity index (χ0) is 10.5. The Labute approximate surface area is 93.1 Å². The molecule has 1 aliphatic rings. The molecule has 1 aromatic rings. The molecule has 82 valence electrons. The van der Waals surface area contributed by atoms with Crippen molar-refractivity contribution >= 4 is 22.4 Å². The van der Waals surface area contributed by atoms with Crippen molar-refractivity contribution < 1.29 is 4.79 Å². The molecule has 0 bridgehead atoms. The van der Waals surface area contributed by atoms with Gasteiger partial charge in [-0.3, -0.25) is 4.79 Å². The number of thiazole rings is 1. The number of amides is 1. The highest BCUT2D eigenvalue weighted by atomic mass is 32.1. The van der Waals surface area contributed by atoms with E-state index in [1.807, 2.05) is 5.38 Å². The van der Waals surface area contributed by atoms with Crippen molar-refractivity contribution in [2.75, 3.05) is 18.4 Å². The molecule has 15 heavy (non-hydrogen) atoms. The van der Waals surface area contributed by atoms with Crippen LogP contribution in [0.5, 0.6) is 0 Å². The molecule has 0 spiro atoms. The fourth-order valence-electron chi connectivity index (χ4n) is 1.76. The number of nitrogens with one attached hydrogen (secondary N) is 2. The van der Waals surface area contributed by atoms with E-state index >= 15 is 0 Å². The van der Waals surface area contributed by atoms with Crippen LogP contribution in [0.3, 0.4) is 0 Å². The maximum Gasteiger partial charge on any atom is 0.226 e. The fraction of sp³-hybridized carbons (Fsp3) is 0.600. The van der Waals surface area contributed by atoms with Crippen molar-refractivity contribution in [3.8, 4) is 0 Å². The first-order valence-electron chi connectivity index (χ1n) is 5.24.